The maximum Gasteiger partial charge on any atom is 0.234 e. The summed E-state index contributed by atoms with van der Waals surface area (Å²) in [6, 6.07) is 0. The lowest BCUT2D eigenvalue weighted by molar-refractivity contribution is -0.120. The molecule has 0 aromatic carbocycles. The number of hydrogen-bond acceptors (Lipinski definition) is 4. The number of nitrogens with one attached hydrogen (secondary N) is 1. The Labute approximate surface area is 82.5 Å². The number of carbonyl (C=O) groups is 1. The van der Waals surface area contributed by atoms with Crippen LogP contribution in [0.4, 0.5) is 0 Å². The molecule has 1 saturated heterocycles. The molecule has 0 aliphatic carbocycles. The summed E-state index contributed by atoms with van der Waals surface area (Å²) >= 11 is 1.79. The summed E-state index contributed by atoms with van der Waals surface area (Å²) < 4.78 is 5.40. The fraction of sp³-hybridized carbons (Fsp3) is 0.875. The van der Waals surface area contributed by atoms with Crippen LogP contribution in [-0.2, 0) is 9.53 Å². The van der Waals surface area contributed by atoms with Gasteiger partial charge in [0.05, 0.1) is 6.10 Å². The van der Waals surface area contributed by atoms with E-state index < -0.39 is 0 Å². The zero-order chi connectivity index (χ0) is 9.68. The Bertz CT molecular complexity index is 178. The molecule has 13 heavy (non-hydrogen) atoms. The predicted molar refractivity (Wildman–Crippen MR) is 53.2 cm³/mol. The Hall–Kier alpha value is -0.260. The molecule has 2 atom stereocenters. The molecule has 76 valence electrons. The van der Waals surface area contributed by atoms with Gasteiger partial charge in [0.25, 0.3) is 0 Å². The van der Waals surface area contributed by atoms with Crippen molar-refractivity contribution < 1.29 is 9.53 Å². The van der Waals surface area contributed by atoms with Gasteiger partial charge in [0.15, 0.2) is 0 Å². The van der Waals surface area contributed by atoms with Crippen molar-refractivity contribution in [1.82, 2.24) is 5.43 Å². The van der Waals surface area contributed by atoms with Gasteiger partial charge in [0.2, 0.25) is 5.91 Å². The van der Waals surface area contributed by atoms with E-state index in [9.17, 15) is 4.79 Å². The average molecular weight is 204 g/mol. The maximum absolute atomic E-state index is 10.8. The fourth-order valence-electron chi connectivity index (χ4n) is 1.31. The van der Waals surface area contributed by atoms with E-state index in [4.69, 9.17) is 10.6 Å². The van der Waals surface area contributed by atoms with Crippen molar-refractivity contribution in [3.8, 4) is 0 Å². The molecular weight excluding hydrogens is 188 g/mol. The number of amides is 1. The van der Waals surface area contributed by atoms with Crippen molar-refractivity contribution in [2.75, 3.05) is 12.4 Å². The van der Waals surface area contributed by atoms with E-state index in [0.29, 0.717) is 17.8 Å². The van der Waals surface area contributed by atoms with Crippen LogP contribution >= 0.6 is 11.8 Å². The highest BCUT2D eigenvalue weighted by Gasteiger charge is 2.24. The summed E-state index contributed by atoms with van der Waals surface area (Å²) in [6.07, 6.45) is 1.91. The summed E-state index contributed by atoms with van der Waals surface area (Å²) in [4.78, 5) is 10.8. The SMILES string of the molecule is CC1OCCC1SCCC(=O)NN. The highest BCUT2D eigenvalue weighted by atomic mass is 32.2. The third-order valence-corrected chi connectivity index (χ3v) is 3.62. The Morgan fingerprint density at radius 2 is 2.54 bits per heavy atom. The Morgan fingerprint density at radius 1 is 1.77 bits per heavy atom. The van der Waals surface area contributed by atoms with E-state index in [0.717, 1.165) is 18.8 Å². The first kappa shape index (κ1) is 10.8. The quantitative estimate of drug-likeness (QED) is 0.392. The van der Waals surface area contributed by atoms with Crippen LogP contribution in [0.5, 0.6) is 0 Å². The second kappa shape index (κ2) is 5.47. The number of hydrazine groups is 1. The zero-order valence-electron chi connectivity index (χ0n) is 7.79. The number of ether oxygens (including phenoxy) is 1. The van der Waals surface area contributed by atoms with Crippen LogP contribution in [0, 0.1) is 0 Å². The predicted octanol–water partition coefficient (Wildman–Crippen LogP) is 0.277. The molecule has 0 spiro atoms. The Balaban J connectivity index is 2.08. The molecule has 3 N–H and O–H groups in total. The minimum absolute atomic E-state index is 0.0981. The molecule has 4 nitrogen and oxygen atoms in total. The molecule has 1 fully saturated rings. The third kappa shape index (κ3) is 3.54. The van der Waals surface area contributed by atoms with Gasteiger partial charge in [-0.15, -0.1) is 0 Å². The van der Waals surface area contributed by atoms with Gasteiger partial charge in [0, 0.05) is 24.0 Å². The average Bonchev–Trinajstić information content (AvgIpc) is 2.52. The summed E-state index contributed by atoms with van der Waals surface area (Å²) in [5, 5.41) is 0.547. The summed E-state index contributed by atoms with van der Waals surface area (Å²) in [5.41, 5.74) is 2.12. The van der Waals surface area contributed by atoms with Crippen LogP contribution in [-0.4, -0.2) is 29.6 Å². The van der Waals surface area contributed by atoms with E-state index in [1.165, 1.54) is 0 Å². The minimum atomic E-state index is -0.0981. The lowest BCUT2D eigenvalue weighted by atomic mass is 10.3. The lowest BCUT2D eigenvalue weighted by Crippen LogP contribution is -2.30. The highest BCUT2D eigenvalue weighted by Crippen LogP contribution is 2.26. The van der Waals surface area contributed by atoms with Gasteiger partial charge in [0.1, 0.15) is 0 Å². The third-order valence-electron chi connectivity index (χ3n) is 2.13. The Morgan fingerprint density at radius 3 is 3.08 bits per heavy atom. The van der Waals surface area contributed by atoms with Crippen LogP contribution in [0.1, 0.15) is 19.8 Å². The van der Waals surface area contributed by atoms with E-state index in [-0.39, 0.29) is 5.91 Å². The smallest absolute Gasteiger partial charge is 0.234 e. The molecule has 1 amide bonds. The minimum Gasteiger partial charge on any atom is -0.377 e. The Kier molecular flexibility index (Phi) is 4.55. The van der Waals surface area contributed by atoms with Crippen molar-refractivity contribution in [1.29, 1.82) is 0 Å². The van der Waals surface area contributed by atoms with E-state index in [1.54, 1.807) is 11.8 Å². The molecule has 1 aliphatic heterocycles. The van der Waals surface area contributed by atoms with Crippen molar-refractivity contribution in [3.63, 3.8) is 0 Å². The summed E-state index contributed by atoms with van der Waals surface area (Å²) in [6.45, 7) is 2.93. The van der Waals surface area contributed by atoms with Crippen molar-refractivity contribution in [3.05, 3.63) is 0 Å². The monoisotopic (exact) mass is 204 g/mol. The number of hydrogen-bond donors (Lipinski definition) is 2. The van der Waals surface area contributed by atoms with Gasteiger partial charge in [-0.1, -0.05) is 0 Å². The molecule has 0 aromatic heterocycles. The van der Waals surface area contributed by atoms with Crippen LogP contribution in [0.3, 0.4) is 0 Å². The zero-order valence-corrected chi connectivity index (χ0v) is 8.60. The molecule has 0 radical (unpaired) electrons. The second-order valence-electron chi connectivity index (χ2n) is 3.09. The molecule has 1 heterocycles. The topological polar surface area (TPSA) is 64.3 Å². The molecule has 2 unspecified atom stereocenters. The van der Waals surface area contributed by atoms with Crippen LogP contribution in [0.25, 0.3) is 0 Å². The molecular formula is C8H16N2O2S. The van der Waals surface area contributed by atoms with Gasteiger partial charge in [-0.2, -0.15) is 11.8 Å². The molecule has 0 saturated carbocycles. The fourth-order valence-corrected chi connectivity index (χ4v) is 2.52. The number of thioether (sulfide) groups is 1. The van der Waals surface area contributed by atoms with E-state index in [1.807, 2.05) is 0 Å². The molecule has 0 bridgehead atoms. The number of rotatable bonds is 4. The van der Waals surface area contributed by atoms with Gasteiger partial charge in [-0.25, -0.2) is 5.84 Å². The van der Waals surface area contributed by atoms with Crippen LogP contribution in [0.15, 0.2) is 0 Å². The first-order valence-electron chi connectivity index (χ1n) is 4.46. The van der Waals surface area contributed by atoms with Gasteiger partial charge < -0.3 is 4.74 Å². The lowest BCUT2D eigenvalue weighted by Gasteiger charge is -2.12. The molecule has 1 aliphatic rings. The number of carbonyl (C=O) groups excluding carboxylic acids is 1. The van der Waals surface area contributed by atoms with Crippen molar-refractivity contribution in [2.24, 2.45) is 5.84 Å². The van der Waals surface area contributed by atoms with Crippen LogP contribution < -0.4 is 11.3 Å². The number of nitrogens with two attached hydrogens (primary N) is 1. The second-order valence-corrected chi connectivity index (χ2v) is 4.44. The normalized spacial score (nSPS) is 27.5. The molecule has 1 rings (SSSR count). The van der Waals surface area contributed by atoms with E-state index in [2.05, 4.69) is 12.3 Å². The van der Waals surface area contributed by atoms with Gasteiger partial charge in [-0.05, 0) is 13.3 Å². The van der Waals surface area contributed by atoms with Crippen molar-refractivity contribution in [2.45, 2.75) is 31.1 Å². The van der Waals surface area contributed by atoms with E-state index >= 15 is 0 Å². The maximum atomic E-state index is 10.8. The molecule has 0 aromatic rings. The summed E-state index contributed by atoms with van der Waals surface area (Å²) in [7, 11) is 0. The first-order valence-corrected chi connectivity index (χ1v) is 5.51. The first-order chi connectivity index (χ1) is 6.24. The highest BCUT2D eigenvalue weighted by molar-refractivity contribution is 7.99. The standard InChI is InChI=1S/C8H16N2O2S/c1-6-7(2-4-12-6)13-5-3-8(11)10-9/h6-7H,2-5,9H2,1H3,(H,10,11). The molecule has 5 heteroatoms. The summed E-state index contributed by atoms with van der Waals surface area (Å²) in [5.74, 6) is 5.68. The van der Waals surface area contributed by atoms with Crippen molar-refractivity contribution >= 4 is 17.7 Å². The largest absolute Gasteiger partial charge is 0.377 e. The van der Waals surface area contributed by atoms with Crippen LogP contribution in [0.2, 0.25) is 0 Å². The van der Waals surface area contributed by atoms with Gasteiger partial charge >= 0.3 is 0 Å². The van der Waals surface area contributed by atoms with Gasteiger partial charge in [-0.3, -0.25) is 10.2 Å².